The van der Waals surface area contributed by atoms with Gasteiger partial charge in [0.25, 0.3) is 0 Å². The van der Waals surface area contributed by atoms with E-state index in [0.717, 1.165) is 19.3 Å². The van der Waals surface area contributed by atoms with Crippen molar-refractivity contribution in [2.45, 2.75) is 31.7 Å². The van der Waals surface area contributed by atoms with Crippen molar-refractivity contribution in [2.75, 3.05) is 7.05 Å². The summed E-state index contributed by atoms with van der Waals surface area (Å²) in [5.74, 6) is 0.296. The van der Waals surface area contributed by atoms with E-state index in [1.54, 1.807) is 25.2 Å². The van der Waals surface area contributed by atoms with Crippen LogP contribution in [0.5, 0.6) is 5.75 Å². The van der Waals surface area contributed by atoms with Gasteiger partial charge in [-0.05, 0) is 31.9 Å². The fourth-order valence-corrected chi connectivity index (χ4v) is 2.37. The predicted octanol–water partition coefficient (Wildman–Crippen LogP) is 3.65. The molecule has 5 heteroatoms. The molecule has 2 rings (SSSR count). The summed E-state index contributed by atoms with van der Waals surface area (Å²) in [6.45, 7) is 0. The summed E-state index contributed by atoms with van der Waals surface area (Å²) in [4.78, 5) is 0. The lowest BCUT2D eigenvalue weighted by atomic mass is 9.77. The first-order chi connectivity index (χ1) is 8.51. The van der Waals surface area contributed by atoms with Gasteiger partial charge in [0.2, 0.25) is 0 Å². The molecule has 1 aromatic rings. The van der Waals surface area contributed by atoms with E-state index in [1.165, 1.54) is 6.07 Å². The molecule has 0 aliphatic heterocycles. The Bertz CT molecular complexity index is 401. The van der Waals surface area contributed by atoms with Crippen molar-refractivity contribution in [1.29, 1.82) is 0 Å². The van der Waals surface area contributed by atoms with Crippen LogP contribution in [-0.2, 0) is 0 Å². The molecule has 2 nitrogen and oxygen atoms in total. The number of hydrogen-bond donors (Lipinski definition) is 1. The topological polar surface area (TPSA) is 21.3 Å². The number of ether oxygens (including phenoxy) is 1. The van der Waals surface area contributed by atoms with E-state index in [-0.39, 0.29) is 11.8 Å². The third-order valence-corrected chi connectivity index (χ3v) is 3.41. The zero-order valence-electron chi connectivity index (χ0n) is 10.1. The Morgan fingerprint density at radius 2 is 1.94 bits per heavy atom. The molecule has 1 fully saturated rings. The monoisotopic (exact) mass is 259 g/mol. The maximum atomic E-state index is 12.3. The first-order valence-corrected chi connectivity index (χ1v) is 6.03. The van der Waals surface area contributed by atoms with Crippen LogP contribution in [0.2, 0.25) is 0 Å². The molecule has 18 heavy (non-hydrogen) atoms. The third kappa shape index (κ3) is 2.96. The van der Waals surface area contributed by atoms with Crippen LogP contribution in [0.4, 0.5) is 13.2 Å². The average molecular weight is 259 g/mol. The Balaban J connectivity index is 2.25. The molecular weight excluding hydrogens is 243 g/mol. The summed E-state index contributed by atoms with van der Waals surface area (Å²) in [7, 11) is 1.77. The highest BCUT2D eigenvalue weighted by Crippen LogP contribution is 2.41. The van der Waals surface area contributed by atoms with Gasteiger partial charge in [0.05, 0.1) is 0 Å². The molecule has 1 aliphatic carbocycles. The molecule has 1 saturated carbocycles. The number of hydrogen-bond acceptors (Lipinski definition) is 2. The second-order valence-electron chi connectivity index (χ2n) is 4.54. The van der Waals surface area contributed by atoms with Crippen LogP contribution in [0, 0.1) is 5.92 Å². The van der Waals surface area contributed by atoms with Crippen molar-refractivity contribution in [3.63, 3.8) is 0 Å². The molecule has 1 aromatic carbocycles. The van der Waals surface area contributed by atoms with Crippen LogP contribution in [0.1, 0.15) is 30.9 Å². The summed E-state index contributed by atoms with van der Waals surface area (Å²) >= 11 is 0. The van der Waals surface area contributed by atoms with Crippen LogP contribution >= 0.6 is 0 Å². The van der Waals surface area contributed by atoms with Crippen molar-refractivity contribution in [2.24, 2.45) is 5.92 Å². The predicted molar refractivity (Wildman–Crippen MR) is 62.3 cm³/mol. The van der Waals surface area contributed by atoms with E-state index in [9.17, 15) is 13.2 Å². The number of para-hydroxylation sites is 1. The summed E-state index contributed by atoms with van der Waals surface area (Å²) in [5.41, 5.74) is 0.585. The molecule has 0 saturated heterocycles. The lowest BCUT2D eigenvalue weighted by molar-refractivity contribution is -0.275. The SMILES string of the molecule is CNC(c1ccccc1OC(F)(F)F)C1CCC1. The molecule has 100 valence electrons. The first-order valence-electron chi connectivity index (χ1n) is 6.03. The Kier molecular flexibility index (Phi) is 3.80. The van der Waals surface area contributed by atoms with Crippen LogP contribution in [-0.4, -0.2) is 13.4 Å². The van der Waals surface area contributed by atoms with Gasteiger partial charge in [-0.2, -0.15) is 0 Å². The van der Waals surface area contributed by atoms with Gasteiger partial charge in [0.15, 0.2) is 0 Å². The quantitative estimate of drug-likeness (QED) is 0.891. The van der Waals surface area contributed by atoms with E-state index < -0.39 is 6.36 Å². The summed E-state index contributed by atoms with van der Waals surface area (Å²) in [6.07, 6.45) is -1.41. The Labute approximate surface area is 104 Å². The minimum absolute atomic E-state index is 0.0719. The highest BCUT2D eigenvalue weighted by atomic mass is 19.4. The minimum atomic E-state index is -4.64. The molecule has 1 unspecified atom stereocenters. The molecule has 0 amide bonds. The molecular formula is C13H16F3NO. The number of alkyl halides is 3. The maximum Gasteiger partial charge on any atom is 0.573 e. The van der Waals surface area contributed by atoms with Gasteiger partial charge in [0.1, 0.15) is 5.75 Å². The van der Waals surface area contributed by atoms with Gasteiger partial charge in [0, 0.05) is 11.6 Å². The molecule has 1 aliphatic rings. The van der Waals surface area contributed by atoms with Gasteiger partial charge in [-0.25, -0.2) is 0 Å². The molecule has 0 spiro atoms. The van der Waals surface area contributed by atoms with Crippen molar-refractivity contribution in [3.05, 3.63) is 29.8 Å². The Morgan fingerprint density at radius 3 is 2.44 bits per heavy atom. The van der Waals surface area contributed by atoms with Crippen LogP contribution in [0.15, 0.2) is 24.3 Å². The maximum absolute atomic E-state index is 12.3. The van der Waals surface area contributed by atoms with Crippen molar-refractivity contribution < 1.29 is 17.9 Å². The summed E-state index contributed by atoms with van der Waals surface area (Å²) in [5, 5.41) is 3.10. The van der Waals surface area contributed by atoms with Gasteiger partial charge >= 0.3 is 6.36 Å². The second kappa shape index (κ2) is 5.18. The lowest BCUT2D eigenvalue weighted by Gasteiger charge is -2.34. The van der Waals surface area contributed by atoms with Crippen molar-refractivity contribution in [3.8, 4) is 5.75 Å². The second-order valence-corrected chi connectivity index (χ2v) is 4.54. The Hall–Kier alpha value is -1.23. The molecule has 0 radical (unpaired) electrons. The highest BCUT2D eigenvalue weighted by Gasteiger charge is 2.35. The van der Waals surface area contributed by atoms with E-state index in [4.69, 9.17) is 0 Å². The molecule has 1 atom stereocenters. The smallest absolute Gasteiger partial charge is 0.405 e. The fraction of sp³-hybridized carbons (Fsp3) is 0.538. The first kappa shape index (κ1) is 13.2. The highest BCUT2D eigenvalue weighted by molar-refractivity contribution is 5.36. The fourth-order valence-electron chi connectivity index (χ4n) is 2.37. The van der Waals surface area contributed by atoms with E-state index in [2.05, 4.69) is 10.1 Å². The van der Waals surface area contributed by atoms with Crippen molar-refractivity contribution in [1.82, 2.24) is 5.32 Å². The van der Waals surface area contributed by atoms with Gasteiger partial charge in [-0.15, -0.1) is 13.2 Å². The summed E-state index contributed by atoms with van der Waals surface area (Å²) < 4.78 is 41.1. The molecule has 0 bridgehead atoms. The van der Waals surface area contributed by atoms with E-state index in [0.29, 0.717) is 11.5 Å². The van der Waals surface area contributed by atoms with Gasteiger partial charge in [-0.3, -0.25) is 0 Å². The molecule has 0 aromatic heterocycles. The van der Waals surface area contributed by atoms with Crippen molar-refractivity contribution >= 4 is 0 Å². The summed E-state index contributed by atoms with van der Waals surface area (Å²) in [6, 6.07) is 6.28. The zero-order chi connectivity index (χ0) is 13.2. The minimum Gasteiger partial charge on any atom is -0.405 e. The number of benzene rings is 1. The molecule has 1 N–H and O–H groups in total. The zero-order valence-corrected chi connectivity index (χ0v) is 10.1. The van der Waals surface area contributed by atoms with E-state index in [1.807, 2.05) is 0 Å². The third-order valence-electron chi connectivity index (χ3n) is 3.41. The standard InChI is InChI=1S/C13H16F3NO/c1-17-12(9-5-4-6-9)10-7-2-3-8-11(10)18-13(14,15)16/h2-3,7-9,12,17H,4-6H2,1H3. The van der Waals surface area contributed by atoms with Crippen LogP contribution < -0.4 is 10.1 Å². The normalized spacial score (nSPS) is 18.2. The van der Waals surface area contributed by atoms with Crippen LogP contribution in [0.25, 0.3) is 0 Å². The van der Waals surface area contributed by atoms with Crippen LogP contribution in [0.3, 0.4) is 0 Å². The molecule has 0 heterocycles. The van der Waals surface area contributed by atoms with Gasteiger partial charge < -0.3 is 10.1 Å². The number of rotatable bonds is 4. The number of halogens is 3. The Morgan fingerprint density at radius 1 is 1.28 bits per heavy atom. The number of nitrogens with one attached hydrogen (secondary N) is 1. The largest absolute Gasteiger partial charge is 0.573 e. The van der Waals surface area contributed by atoms with Gasteiger partial charge in [-0.1, -0.05) is 24.6 Å². The van der Waals surface area contributed by atoms with E-state index >= 15 is 0 Å². The average Bonchev–Trinajstić information content (AvgIpc) is 2.22. The lowest BCUT2D eigenvalue weighted by Crippen LogP contribution is -2.30.